The highest BCUT2D eigenvalue weighted by Gasteiger charge is 2.09. The van der Waals surface area contributed by atoms with Crippen molar-refractivity contribution in [1.82, 2.24) is 4.90 Å². The van der Waals surface area contributed by atoms with E-state index in [1.165, 1.54) is 6.07 Å². The number of hydrogen-bond acceptors (Lipinski definition) is 3. The van der Waals surface area contributed by atoms with E-state index < -0.39 is 5.82 Å². The van der Waals surface area contributed by atoms with Crippen molar-refractivity contribution in [3.05, 3.63) is 29.6 Å². The van der Waals surface area contributed by atoms with Gasteiger partial charge < -0.3 is 9.80 Å². The van der Waals surface area contributed by atoms with E-state index in [0.29, 0.717) is 0 Å². The maximum absolute atomic E-state index is 13.6. The Hall–Kier alpha value is -1.60. The largest absolute Gasteiger partial charge is 0.372 e. The number of benzene rings is 1. The van der Waals surface area contributed by atoms with Crippen LogP contribution in [0.2, 0.25) is 0 Å². The SMILES string of the molecule is CCN(CC)CCCN(CC)c1ccc(C#N)c(F)c1. The molecule has 0 aromatic heterocycles. The Morgan fingerprint density at radius 2 is 1.80 bits per heavy atom. The van der Waals surface area contributed by atoms with Crippen LogP contribution in [0.4, 0.5) is 10.1 Å². The molecular weight excluding hydrogens is 253 g/mol. The first-order chi connectivity index (χ1) is 9.65. The Bertz CT molecular complexity index is 450. The predicted octanol–water partition coefficient (Wildman–Crippen LogP) is 3.26. The molecule has 0 radical (unpaired) electrons. The highest BCUT2D eigenvalue weighted by Crippen LogP contribution is 2.18. The van der Waals surface area contributed by atoms with Gasteiger partial charge in [0.25, 0.3) is 0 Å². The highest BCUT2D eigenvalue weighted by molar-refractivity contribution is 5.50. The molecule has 0 aliphatic rings. The van der Waals surface area contributed by atoms with E-state index in [0.717, 1.165) is 44.8 Å². The molecule has 0 amide bonds. The van der Waals surface area contributed by atoms with Crippen molar-refractivity contribution in [2.75, 3.05) is 37.6 Å². The Morgan fingerprint density at radius 3 is 2.30 bits per heavy atom. The lowest BCUT2D eigenvalue weighted by Crippen LogP contribution is -2.30. The zero-order valence-electron chi connectivity index (χ0n) is 12.7. The molecule has 1 aromatic rings. The lowest BCUT2D eigenvalue weighted by Gasteiger charge is -2.25. The van der Waals surface area contributed by atoms with Gasteiger partial charge in [0.1, 0.15) is 11.9 Å². The van der Waals surface area contributed by atoms with Crippen LogP contribution in [0.1, 0.15) is 32.8 Å². The average Bonchev–Trinajstić information content (AvgIpc) is 2.47. The second kappa shape index (κ2) is 8.55. The normalized spacial score (nSPS) is 10.6. The van der Waals surface area contributed by atoms with Gasteiger partial charge in [0.05, 0.1) is 5.56 Å². The first kappa shape index (κ1) is 16.5. The monoisotopic (exact) mass is 277 g/mol. The van der Waals surface area contributed by atoms with Gasteiger partial charge in [0, 0.05) is 18.8 Å². The van der Waals surface area contributed by atoms with Gasteiger partial charge in [-0.2, -0.15) is 5.26 Å². The van der Waals surface area contributed by atoms with Crippen LogP contribution < -0.4 is 4.90 Å². The van der Waals surface area contributed by atoms with Crippen molar-refractivity contribution >= 4 is 5.69 Å². The fourth-order valence-corrected chi connectivity index (χ4v) is 2.29. The van der Waals surface area contributed by atoms with E-state index in [9.17, 15) is 4.39 Å². The van der Waals surface area contributed by atoms with E-state index >= 15 is 0 Å². The van der Waals surface area contributed by atoms with Crippen molar-refractivity contribution in [2.24, 2.45) is 0 Å². The summed E-state index contributed by atoms with van der Waals surface area (Å²) >= 11 is 0. The molecule has 0 saturated heterocycles. The Kier molecular flexibility index (Phi) is 7.03. The van der Waals surface area contributed by atoms with E-state index in [1.54, 1.807) is 6.07 Å². The molecule has 20 heavy (non-hydrogen) atoms. The second-order valence-electron chi connectivity index (χ2n) is 4.74. The smallest absolute Gasteiger partial charge is 0.143 e. The summed E-state index contributed by atoms with van der Waals surface area (Å²) < 4.78 is 13.6. The number of anilines is 1. The van der Waals surface area contributed by atoms with Crippen molar-refractivity contribution in [3.63, 3.8) is 0 Å². The summed E-state index contributed by atoms with van der Waals surface area (Å²) in [4.78, 5) is 4.53. The van der Waals surface area contributed by atoms with E-state index in [2.05, 4.69) is 30.6 Å². The molecule has 0 atom stereocenters. The molecule has 4 heteroatoms. The van der Waals surface area contributed by atoms with Gasteiger partial charge in [-0.05, 0) is 51.2 Å². The van der Waals surface area contributed by atoms with Gasteiger partial charge in [0.2, 0.25) is 0 Å². The molecule has 0 N–H and O–H groups in total. The van der Waals surface area contributed by atoms with Crippen molar-refractivity contribution < 1.29 is 4.39 Å². The molecule has 3 nitrogen and oxygen atoms in total. The number of hydrogen-bond donors (Lipinski definition) is 0. The predicted molar refractivity (Wildman–Crippen MR) is 81.4 cm³/mol. The summed E-state index contributed by atoms with van der Waals surface area (Å²) in [5, 5.41) is 8.75. The van der Waals surface area contributed by atoms with Crippen molar-refractivity contribution in [2.45, 2.75) is 27.2 Å². The maximum atomic E-state index is 13.6. The standard InChI is InChI=1S/C16H24FN3/c1-4-19(5-2)10-7-11-20(6-3)15-9-8-14(13-18)16(17)12-15/h8-9,12H,4-7,10-11H2,1-3H3. The van der Waals surface area contributed by atoms with Crippen LogP contribution in [0.3, 0.4) is 0 Å². The lowest BCUT2D eigenvalue weighted by molar-refractivity contribution is 0.301. The first-order valence-corrected chi connectivity index (χ1v) is 7.33. The summed E-state index contributed by atoms with van der Waals surface area (Å²) in [6.45, 7) is 11.3. The summed E-state index contributed by atoms with van der Waals surface area (Å²) in [6, 6.07) is 6.69. The van der Waals surface area contributed by atoms with Gasteiger partial charge in [-0.25, -0.2) is 4.39 Å². The molecule has 0 unspecified atom stereocenters. The number of halogens is 1. The molecule has 0 bridgehead atoms. The van der Waals surface area contributed by atoms with Crippen LogP contribution in [-0.4, -0.2) is 37.6 Å². The average molecular weight is 277 g/mol. The molecule has 0 spiro atoms. The topological polar surface area (TPSA) is 30.3 Å². The number of nitrogens with zero attached hydrogens (tertiary/aromatic N) is 3. The molecule has 0 aliphatic heterocycles. The molecule has 0 fully saturated rings. The van der Waals surface area contributed by atoms with Gasteiger partial charge in [-0.3, -0.25) is 0 Å². The fraction of sp³-hybridized carbons (Fsp3) is 0.562. The molecular formula is C16H24FN3. The van der Waals surface area contributed by atoms with Gasteiger partial charge in [-0.1, -0.05) is 13.8 Å². The minimum absolute atomic E-state index is 0.105. The summed E-state index contributed by atoms with van der Waals surface area (Å²) in [5.74, 6) is -0.438. The highest BCUT2D eigenvalue weighted by atomic mass is 19.1. The van der Waals surface area contributed by atoms with Crippen molar-refractivity contribution in [1.29, 1.82) is 5.26 Å². The molecule has 1 aromatic carbocycles. The van der Waals surface area contributed by atoms with E-state index in [4.69, 9.17) is 5.26 Å². The van der Waals surface area contributed by atoms with Gasteiger partial charge in [0.15, 0.2) is 0 Å². The second-order valence-corrected chi connectivity index (χ2v) is 4.74. The third kappa shape index (κ3) is 4.50. The summed E-state index contributed by atoms with van der Waals surface area (Å²) in [6.07, 6.45) is 1.05. The van der Waals surface area contributed by atoms with Crippen LogP contribution in [0.15, 0.2) is 18.2 Å². The third-order valence-corrected chi connectivity index (χ3v) is 3.62. The molecule has 0 aliphatic carbocycles. The number of nitriles is 1. The Balaban J connectivity index is 2.62. The molecule has 110 valence electrons. The van der Waals surface area contributed by atoms with Gasteiger partial charge >= 0.3 is 0 Å². The van der Waals surface area contributed by atoms with Crippen LogP contribution >= 0.6 is 0 Å². The molecule has 0 saturated carbocycles. The zero-order chi connectivity index (χ0) is 15.0. The van der Waals surface area contributed by atoms with Crippen LogP contribution in [0, 0.1) is 17.1 Å². The lowest BCUT2D eigenvalue weighted by atomic mass is 10.2. The van der Waals surface area contributed by atoms with Crippen molar-refractivity contribution in [3.8, 4) is 6.07 Å². The first-order valence-electron chi connectivity index (χ1n) is 7.33. The fourth-order valence-electron chi connectivity index (χ4n) is 2.29. The van der Waals surface area contributed by atoms with E-state index in [-0.39, 0.29) is 5.56 Å². The summed E-state index contributed by atoms with van der Waals surface area (Å²) in [5.41, 5.74) is 0.955. The van der Waals surface area contributed by atoms with Crippen LogP contribution in [0.5, 0.6) is 0 Å². The van der Waals surface area contributed by atoms with Crippen LogP contribution in [0.25, 0.3) is 0 Å². The third-order valence-electron chi connectivity index (χ3n) is 3.62. The Morgan fingerprint density at radius 1 is 1.10 bits per heavy atom. The Labute approximate surface area is 121 Å². The summed E-state index contributed by atoms with van der Waals surface area (Å²) in [7, 11) is 0. The quantitative estimate of drug-likeness (QED) is 0.730. The van der Waals surface area contributed by atoms with Gasteiger partial charge in [-0.15, -0.1) is 0 Å². The molecule has 1 rings (SSSR count). The maximum Gasteiger partial charge on any atom is 0.143 e. The minimum Gasteiger partial charge on any atom is -0.372 e. The zero-order valence-corrected chi connectivity index (χ0v) is 12.7. The van der Waals surface area contributed by atoms with Crippen LogP contribution in [-0.2, 0) is 0 Å². The number of rotatable bonds is 8. The minimum atomic E-state index is -0.438. The van der Waals surface area contributed by atoms with E-state index in [1.807, 2.05) is 12.1 Å². The molecule has 0 heterocycles.